The fraction of sp³-hybridized carbons (Fsp3) is 0.903. The van der Waals surface area contributed by atoms with E-state index >= 15 is 0 Å². The summed E-state index contributed by atoms with van der Waals surface area (Å²) in [5, 5.41) is -0.152. The van der Waals surface area contributed by atoms with Crippen LogP contribution in [-0.4, -0.2) is 17.5 Å². The molecule has 0 saturated heterocycles. The number of hydrogen-bond donors (Lipinski definition) is 0. The molecule has 0 aromatic rings. The average molecular weight is 491 g/mol. The molecular weight excluding hydrogens is 440 g/mol. The van der Waals surface area contributed by atoms with E-state index in [1.165, 1.54) is 57.8 Å². The number of alkyl halides is 1. The Morgan fingerprint density at radius 1 is 1.06 bits per heavy atom. The normalized spacial score (nSPS) is 41.2. The fourth-order valence-corrected chi connectivity index (χ4v) is 9.34. The molecule has 3 saturated carbocycles. The molecular formula is C31H51ClO2. The van der Waals surface area contributed by atoms with E-state index in [1.807, 2.05) is 6.92 Å². The monoisotopic (exact) mass is 490 g/mol. The minimum Gasteiger partial charge on any atom is -0.462 e. The van der Waals surface area contributed by atoms with Gasteiger partial charge >= 0.3 is 5.97 Å². The van der Waals surface area contributed by atoms with E-state index in [4.69, 9.17) is 16.3 Å². The fourth-order valence-electron chi connectivity index (χ4n) is 9.22. The summed E-state index contributed by atoms with van der Waals surface area (Å²) in [4.78, 5) is 12.2. The molecule has 9 atom stereocenters. The Hall–Kier alpha value is -0.500. The third-order valence-corrected chi connectivity index (χ3v) is 11.2. The van der Waals surface area contributed by atoms with Crippen LogP contribution in [0.4, 0.5) is 0 Å². The van der Waals surface area contributed by atoms with Crippen molar-refractivity contribution in [2.24, 2.45) is 46.3 Å². The van der Waals surface area contributed by atoms with Crippen LogP contribution in [0.25, 0.3) is 0 Å². The highest BCUT2D eigenvalue weighted by atomic mass is 35.5. The van der Waals surface area contributed by atoms with E-state index in [1.54, 1.807) is 5.57 Å². The van der Waals surface area contributed by atoms with Gasteiger partial charge in [-0.1, -0.05) is 65.5 Å². The highest BCUT2D eigenvalue weighted by Gasteiger charge is 2.59. The van der Waals surface area contributed by atoms with Gasteiger partial charge in [-0.25, -0.2) is 0 Å². The van der Waals surface area contributed by atoms with Crippen molar-refractivity contribution in [3.8, 4) is 0 Å². The van der Waals surface area contributed by atoms with Crippen molar-refractivity contribution in [3.63, 3.8) is 0 Å². The Bertz CT molecular complexity index is 757. The lowest BCUT2D eigenvalue weighted by Crippen LogP contribution is -2.51. The lowest BCUT2D eigenvalue weighted by atomic mass is 9.47. The Morgan fingerprint density at radius 3 is 2.53 bits per heavy atom. The summed E-state index contributed by atoms with van der Waals surface area (Å²) in [6, 6.07) is 0. The van der Waals surface area contributed by atoms with Crippen LogP contribution < -0.4 is 0 Å². The largest absolute Gasteiger partial charge is 0.462 e. The van der Waals surface area contributed by atoms with Crippen molar-refractivity contribution >= 4 is 17.6 Å². The summed E-state index contributed by atoms with van der Waals surface area (Å²) >= 11 is 6.01. The molecule has 34 heavy (non-hydrogen) atoms. The van der Waals surface area contributed by atoms with Gasteiger partial charge in [-0.3, -0.25) is 4.79 Å². The molecule has 0 radical (unpaired) electrons. The van der Waals surface area contributed by atoms with E-state index in [9.17, 15) is 4.79 Å². The lowest BCUT2D eigenvalue weighted by Gasteiger charge is -2.58. The van der Waals surface area contributed by atoms with Crippen molar-refractivity contribution < 1.29 is 9.53 Å². The third kappa shape index (κ3) is 5.14. The van der Waals surface area contributed by atoms with Gasteiger partial charge in [-0.2, -0.15) is 0 Å². The van der Waals surface area contributed by atoms with E-state index in [-0.39, 0.29) is 17.5 Å². The summed E-state index contributed by atoms with van der Waals surface area (Å²) in [6.07, 6.45) is 17.3. The van der Waals surface area contributed by atoms with E-state index in [2.05, 4.69) is 40.7 Å². The number of carbonyl (C=O) groups excluding carboxylic acids is 1. The topological polar surface area (TPSA) is 26.3 Å². The summed E-state index contributed by atoms with van der Waals surface area (Å²) in [7, 11) is 0. The van der Waals surface area contributed by atoms with Crippen molar-refractivity contribution in [2.45, 2.75) is 130 Å². The second kappa shape index (κ2) is 10.5. The first-order valence-corrected chi connectivity index (χ1v) is 15.0. The molecule has 2 nitrogen and oxygen atoms in total. The van der Waals surface area contributed by atoms with Gasteiger partial charge in [0.1, 0.15) is 6.10 Å². The highest BCUT2D eigenvalue weighted by molar-refractivity contribution is 6.21. The molecule has 4 rings (SSSR count). The van der Waals surface area contributed by atoms with Crippen LogP contribution in [0.5, 0.6) is 0 Å². The zero-order chi connectivity index (χ0) is 24.7. The first kappa shape index (κ1) is 26.6. The Balaban J connectivity index is 1.42. The second-order valence-corrected chi connectivity index (χ2v) is 14.4. The van der Waals surface area contributed by atoms with Crippen molar-refractivity contribution in [3.05, 3.63) is 11.6 Å². The smallest absolute Gasteiger partial charge is 0.307 e. The number of ether oxygens (including phenoxy) is 1. The van der Waals surface area contributed by atoms with Crippen LogP contribution in [0.15, 0.2) is 11.6 Å². The Kier molecular flexibility index (Phi) is 8.18. The highest BCUT2D eigenvalue weighted by Crippen LogP contribution is 2.67. The van der Waals surface area contributed by atoms with Crippen LogP contribution in [0.3, 0.4) is 0 Å². The molecule has 0 aromatic heterocycles. The zero-order valence-corrected chi connectivity index (χ0v) is 23.6. The van der Waals surface area contributed by atoms with E-state index in [0.29, 0.717) is 17.3 Å². The molecule has 0 N–H and O–H groups in total. The van der Waals surface area contributed by atoms with E-state index in [0.717, 1.165) is 48.3 Å². The van der Waals surface area contributed by atoms with Crippen molar-refractivity contribution in [1.29, 1.82) is 0 Å². The molecule has 0 spiro atoms. The second-order valence-electron chi connectivity index (χ2n) is 13.6. The maximum Gasteiger partial charge on any atom is 0.307 e. The van der Waals surface area contributed by atoms with Gasteiger partial charge in [-0.15, -0.1) is 11.6 Å². The third-order valence-electron chi connectivity index (χ3n) is 11.0. The van der Waals surface area contributed by atoms with E-state index < -0.39 is 0 Å². The summed E-state index contributed by atoms with van der Waals surface area (Å²) in [6.45, 7) is 14.4. The van der Waals surface area contributed by atoms with Gasteiger partial charge in [0.05, 0.1) is 6.42 Å². The SMILES string of the molecule is CC(C)CCC[C@@H](C)[C@H]1CC[C@H]2[C@@H]3CC=C4C[C@H](OC(=O)C[C@@H](C)Cl)CC[C@]4(C)[C@H]3CC[C@]12C. The molecule has 4 aliphatic rings. The maximum absolute atomic E-state index is 12.2. The molecule has 4 aliphatic carbocycles. The van der Waals surface area contributed by atoms with Crippen LogP contribution in [-0.2, 0) is 9.53 Å². The van der Waals surface area contributed by atoms with Crippen LogP contribution in [0, 0.1) is 46.3 Å². The number of carbonyl (C=O) groups is 1. The van der Waals surface area contributed by atoms with Crippen molar-refractivity contribution in [2.75, 3.05) is 0 Å². The number of fused-ring (bicyclic) bond motifs is 5. The quantitative estimate of drug-likeness (QED) is 0.193. The lowest BCUT2D eigenvalue weighted by molar-refractivity contribution is -0.151. The minimum absolute atomic E-state index is 0.0511. The number of halogens is 1. The first-order valence-electron chi connectivity index (χ1n) is 14.6. The molecule has 0 heterocycles. The van der Waals surface area contributed by atoms with Crippen LogP contribution in [0.1, 0.15) is 119 Å². The van der Waals surface area contributed by atoms with Gasteiger partial charge < -0.3 is 4.74 Å². The standard InChI is InChI=1S/C31H51ClO2/c1-20(2)8-7-9-21(3)26-12-13-27-25-11-10-23-19-24(34-29(33)18-22(4)32)14-16-30(23,5)28(25)15-17-31(26,27)6/h10,20-22,24-28H,7-9,11-19H2,1-6H3/t21-,22-,24-,25+,26-,27+,28+,30+,31-/m1/s1. The number of rotatable bonds is 8. The molecule has 0 amide bonds. The predicted molar refractivity (Wildman–Crippen MR) is 143 cm³/mol. The molecule has 0 bridgehead atoms. The average Bonchev–Trinajstić information content (AvgIpc) is 3.10. The van der Waals surface area contributed by atoms with Gasteiger partial charge in [0.2, 0.25) is 0 Å². The maximum atomic E-state index is 12.2. The Labute approximate surface area is 215 Å². The Morgan fingerprint density at radius 2 is 1.82 bits per heavy atom. The summed E-state index contributed by atoms with van der Waals surface area (Å²) in [5.41, 5.74) is 2.45. The van der Waals surface area contributed by atoms with Crippen molar-refractivity contribution in [1.82, 2.24) is 0 Å². The first-order chi connectivity index (χ1) is 16.0. The van der Waals surface area contributed by atoms with Crippen LogP contribution >= 0.6 is 11.6 Å². The number of allylic oxidation sites excluding steroid dienone is 1. The van der Waals surface area contributed by atoms with Crippen LogP contribution in [0.2, 0.25) is 0 Å². The molecule has 194 valence electrons. The number of esters is 1. The minimum atomic E-state index is -0.152. The predicted octanol–water partition coefficient (Wildman–Crippen LogP) is 8.96. The number of hydrogen-bond acceptors (Lipinski definition) is 2. The summed E-state index contributed by atoms with van der Waals surface area (Å²) in [5.74, 6) is 5.08. The molecule has 0 unspecified atom stereocenters. The van der Waals surface area contributed by atoms with Gasteiger partial charge in [0.15, 0.2) is 0 Å². The molecule has 3 heteroatoms. The molecule has 3 fully saturated rings. The summed E-state index contributed by atoms with van der Waals surface area (Å²) < 4.78 is 5.84. The molecule has 0 aliphatic heterocycles. The molecule has 0 aromatic carbocycles. The zero-order valence-electron chi connectivity index (χ0n) is 22.9. The van der Waals surface area contributed by atoms with Gasteiger partial charge in [-0.05, 0) is 98.2 Å². The van der Waals surface area contributed by atoms with Gasteiger partial charge in [0, 0.05) is 11.8 Å². The van der Waals surface area contributed by atoms with Gasteiger partial charge in [0.25, 0.3) is 0 Å².